The maximum Gasteiger partial charge on any atom is 0.158 e. The molecule has 19 heavy (non-hydrogen) atoms. The molecule has 3 aromatic rings. The van der Waals surface area contributed by atoms with Gasteiger partial charge in [0.15, 0.2) is 5.82 Å². The Morgan fingerprint density at radius 1 is 0.895 bits per heavy atom. The highest BCUT2D eigenvalue weighted by Gasteiger charge is 2.16. The summed E-state index contributed by atoms with van der Waals surface area (Å²) in [6, 6.07) is 19.6. The molecule has 2 aromatic carbocycles. The molecule has 0 aliphatic rings. The first-order valence-electron chi connectivity index (χ1n) is 6.12. The average Bonchev–Trinajstić information content (AvgIpc) is 2.98. The predicted molar refractivity (Wildman–Crippen MR) is 73.8 cm³/mol. The quantitative estimate of drug-likeness (QED) is 0.776. The molecule has 4 nitrogen and oxygen atoms in total. The molecule has 0 bridgehead atoms. The van der Waals surface area contributed by atoms with E-state index in [0.717, 1.165) is 17.1 Å². The van der Waals surface area contributed by atoms with Gasteiger partial charge in [-0.25, -0.2) is 0 Å². The SMILES string of the molecule is NC(c1ccccc1)c1nncn1-c1ccccc1. The zero-order valence-corrected chi connectivity index (χ0v) is 10.3. The van der Waals surface area contributed by atoms with E-state index < -0.39 is 0 Å². The van der Waals surface area contributed by atoms with Crippen molar-refractivity contribution in [1.29, 1.82) is 0 Å². The number of benzene rings is 2. The van der Waals surface area contributed by atoms with Crippen LogP contribution in [0, 0.1) is 0 Å². The van der Waals surface area contributed by atoms with Gasteiger partial charge in [-0.1, -0.05) is 48.5 Å². The third kappa shape index (κ3) is 2.26. The molecule has 94 valence electrons. The third-order valence-corrected chi connectivity index (χ3v) is 3.05. The second-order valence-electron chi connectivity index (χ2n) is 4.28. The highest BCUT2D eigenvalue weighted by atomic mass is 15.3. The number of nitrogens with zero attached hydrogens (tertiary/aromatic N) is 3. The van der Waals surface area contributed by atoms with E-state index in [-0.39, 0.29) is 6.04 Å². The summed E-state index contributed by atoms with van der Waals surface area (Å²) in [5.74, 6) is 0.734. The zero-order valence-electron chi connectivity index (χ0n) is 10.3. The van der Waals surface area contributed by atoms with E-state index in [0.29, 0.717) is 0 Å². The molecule has 0 aliphatic heterocycles. The Balaban J connectivity index is 2.01. The number of rotatable bonds is 3. The molecule has 0 spiro atoms. The predicted octanol–water partition coefficient (Wildman–Crippen LogP) is 2.32. The number of para-hydroxylation sites is 1. The Labute approximate surface area is 111 Å². The average molecular weight is 250 g/mol. The fraction of sp³-hybridized carbons (Fsp3) is 0.0667. The highest BCUT2D eigenvalue weighted by Crippen LogP contribution is 2.19. The van der Waals surface area contributed by atoms with Crippen molar-refractivity contribution in [3.8, 4) is 5.69 Å². The van der Waals surface area contributed by atoms with Crippen molar-refractivity contribution in [3.05, 3.63) is 78.4 Å². The van der Waals surface area contributed by atoms with Crippen LogP contribution in [0.15, 0.2) is 67.0 Å². The highest BCUT2D eigenvalue weighted by molar-refractivity contribution is 5.34. The maximum absolute atomic E-state index is 6.28. The topological polar surface area (TPSA) is 56.7 Å². The van der Waals surface area contributed by atoms with Gasteiger partial charge >= 0.3 is 0 Å². The van der Waals surface area contributed by atoms with Crippen molar-refractivity contribution in [2.24, 2.45) is 5.73 Å². The molecule has 0 amide bonds. The Morgan fingerprint density at radius 2 is 1.53 bits per heavy atom. The summed E-state index contributed by atoms with van der Waals surface area (Å²) in [5, 5.41) is 8.13. The summed E-state index contributed by atoms with van der Waals surface area (Å²) >= 11 is 0. The van der Waals surface area contributed by atoms with E-state index in [1.807, 2.05) is 65.2 Å². The number of aromatic nitrogens is 3. The van der Waals surface area contributed by atoms with Crippen LogP contribution in [-0.2, 0) is 0 Å². The molecule has 0 fully saturated rings. The molecule has 0 radical (unpaired) electrons. The Kier molecular flexibility index (Phi) is 3.08. The lowest BCUT2D eigenvalue weighted by Gasteiger charge is -2.13. The van der Waals surface area contributed by atoms with E-state index >= 15 is 0 Å². The van der Waals surface area contributed by atoms with Gasteiger partial charge in [0.1, 0.15) is 6.33 Å². The molecular formula is C15H14N4. The second kappa shape index (κ2) is 5.04. The Morgan fingerprint density at radius 3 is 2.21 bits per heavy atom. The smallest absolute Gasteiger partial charge is 0.158 e. The van der Waals surface area contributed by atoms with Crippen molar-refractivity contribution in [3.63, 3.8) is 0 Å². The van der Waals surface area contributed by atoms with Crippen LogP contribution in [-0.4, -0.2) is 14.8 Å². The summed E-state index contributed by atoms with van der Waals surface area (Å²) < 4.78 is 1.91. The van der Waals surface area contributed by atoms with Crippen molar-refractivity contribution in [2.45, 2.75) is 6.04 Å². The summed E-state index contributed by atoms with van der Waals surface area (Å²) in [6.45, 7) is 0. The summed E-state index contributed by atoms with van der Waals surface area (Å²) in [5.41, 5.74) is 8.30. The number of hydrogen-bond donors (Lipinski definition) is 1. The van der Waals surface area contributed by atoms with Crippen molar-refractivity contribution in [2.75, 3.05) is 0 Å². The monoisotopic (exact) mass is 250 g/mol. The van der Waals surface area contributed by atoms with Gasteiger partial charge in [-0.2, -0.15) is 0 Å². The minimum atomic E-state index is -0.288. The first-order valence-corrected chi connectivity index (χ1v) is 6.12. The lowest BCUT2D eigenvalue weighted by molar-refractivity contribution is 0.752. The number of hydrogen-bond acceptors (Lipinski definition) is 3. The minimum Gasteiger partial charge on any atom is -0.318 e. The standard InChI is InChI=1S/C15H14N4/c16-14(12-7-3-1-4-8-12)15-18-17-11-19(15)13-9-5-2-6-10-13/h1-11,14H,16H2. The minimum absolute atomic E-state index is 0.288. The van der Waals surface area contributed by atoms with E-state index in [1.54, 1.807) is 6.33 Å². The first-order chi connectivity index (χ1) is 9.36. The molecule has 2 N–H and O–H groups in total. The van der Waals surface area contributed by atoms with Crippen LogP contribution in [0.1, 0.15) is 17.4 Å². The molecular weight excluding hydrogens is 236 g/mol. The van der Waals surface area contributed by atoms with Crippen LogP contribution in [0.3, 0.4) is 0 Å². The summed E-state index contributed by atoms with van der Waals surface area (Å²) in [4.78, 5) is 0. The van der Waals surface area contributed by atoms with Crippen LogP contribution in [0.2, 0.25) is 0 Å². The van der Waals surface area contributed by atoms with Gasteiger partial charge in [0.05, 0.1) is 6.04 Å². The van der Waals surface area contributed by atoms with Crippen LogP contribution >= 0.6 is 0 Å². The Hall–Kier alpha value is -2.46. The maximum atomic E-state index is 6.28. The first kappa shape index (κ1) is 11.6. The lowest BCUT2D eigenvalue weighted by Crippen LogP contribution is -2.17. The molecule has 4 heteroatoms. The van der Waals surface area contributed by atoms with Crippen LogP contribution < -0.4 is 5.73 Å². The van der Waals surface area contributed by atoms with Crippen molar-refractivity contribution in [1.82, 2.24) is 14.8 Å². The van der Waals surface area contributed by atoms with E-state index in [4.69, 9.17) is 5.73 Å². The van der Waals surface area contributed by atoms with Crippen LogP contribution in [0.25, 0.3) is 5.69 Å². The van der Waals surface area contributed by atoms with Gasteiger partial charge in [-0.05, 0) is 17.7 Å². The fourth-order valence-corrected chi connectivity index (χ4v) is 2.05. The van der Waals surface area contributed by atoms with E-state index in [1.165, 1.54) is 0 Å². The van der Waals surface area contributed by atoms with Gasteiger partial charge in [-0.15, -0.1) is 10.2 Å². The normalized spacial score (nSPS) is 12.3. The molecule has 0 saturated heterocycles. The molecule has 1 unspecified atom stereocenters. The zero-order chi connectivity index (χ0) is 13.1. The summed E-state index contributed by atoms with van der Waals surface area (Å²) in [7, 11) is 0. The fourth-order valence-electron chi connectivity index (χ4n) is 2.05. The van der Waals surface area contributed by atoms with Crippen LogP contribution in [0.4, 0.5) is 0 Å². The molecule has 1 heterocycles. The van der Waals surface area contributed by atoms with Crippen LogP contribution in [0.5, 0.6) is 0 Å². The second-order valence-corrected chi connectivity index (χ2v) is 4.28. The molecule has 1 atom stereocenters. The lowest BCUT2D eigenvalue weighted by atomic mass is 10.1. The molecule has 0 saturated carbocycles. The summed E-state index contributed by atoms with van der Waals surface area (Å²) in [6.07, 6.45) is 1.69. The largest absolute Gasteiger partial charge is 0.318 e. The van der Waals surface area contributed by atoms with Gasteiger partial charge in [-0.3, -0.25) is 4.57 Å². The van der Waals surface area contributed by atoms with E-state index in [9.17, 15) is 0 Å². The van der Waals surface area contributed by atoms with Gasteiger partial charge < -0.3 is 5.73 Å². The molecule has 0 aliphatic carbocycles. The van der Waals surface area contributed by atoms with Gasteiger partial charge in [0.2, 0.25) is 0 Å². The van der Waals surface area contributed by atoms with Gasteiger partial charge in [0.25, 0.3) is 0 Å². The third-order valence-electron chi connectivity index (χ3n) is 3.05. The molecule has 3 rings (SSSR count). The Bertz CT molecular complexity index is 646. The van der Waals surface area contributed by atoms with Gasteiger partial charge in [0, 0.05) is 5.69 Å². The number of nitrogens with two attached hydrogens (primary N) is 1. The van der Waals surface area contributed by atoms with E-state index in [2.05, 4.69) is 10.2 Å². The molecule has 1 aromatic heterocycles. The van der Waals surface area contributed by atoms with Crippen molar-refractivity contribution < 1.29 is 0 Å². The van der Waals surface area contributed by atoms with Crippen molar-refractivity contribution >= 4 is 0 Å².